The molecular weight excluding hydrogens is 267 g/mol. The van der Waals surface area contributed by atoms with Crippen LogP contribution < -0.4 is 5.32 Å². The first-order valence-corrected chi connectivity index (χ1v) is 5.64. The van der Waals surface area contributed by atoms with Crippen LogP contribution in [0.4, 0.5) is 15.8 Å². The molecule has 0 saturated heterocycles. The Bertz CT molecular complexity index is 696. The number of aryl methyl sites for hydroxylation is 2. The van der Waals surface area contributed by atoms with Crippen molar-refractivity contribution in [3.05, 3.63) is 51.6 Å². The molecule has 2 aromatic rings. The molecule has 8 heteroatoms. The fraction of sp³-hybridized carbons (Fsp3) is 0.167. The van der Waals surface area contributed by atoms with Crippen LogP contribution in [0, 0.1) is 22.9 Å². The number of nitrogens with one attached hydrogen (secondary N) is 1. The maximum Gasteiger partial charge on any atom is 0.320 e. The highest BCUT2D eigenvalue weighted by atomic mass is 19.1. The average molecular weight is 278 g/mol. The summed E-state index contributed by atoms with van der Waals surface area (Å²) >= 11 is 0. The van der Waals surface area contributed by atoms with Crippen molar-refractivity contribution < 1.29 is 14.1 Å². The summed E-state index contributed by atoms with van der Waals surface area (Å²) < 4.78 is 14.1. The van der Waals surface area contributed by atoms with Gasteiger partial charge in [0.2, 0.25) is 5.69 Å². The minimum Gasteiger partial charge on any atom is -0.320 e. The molecule has 0 bridgehead atoms. The number of nitro groups is 1. The summed E-state index contributed by atoms with van der Waals surface area (Å²) in [5, 5.41) is 17.0. The van der Waals surface area contributed by atoms with E-state index in [0.29, 0.717) is 11.3 Å². The van der Waals surface area contributed by atoms with Crippen molar-refractivity contribution in [1.82, 2.24) is 9.78 Å². The number of rotatable bonds is 3. The first-order chi connectivity index (χ1) is 9.40. The molecule has 1 N–H and O–H groups in total. The van der Waals surface area contributed by atoms with Crippen molar-refractivity contribution >= 4 is 17.3 Å². The van der Waals surface area contributed by atoms with Crippen molar-refractivity contribution in [2.24, 2.45) is 7.05 Å². The van der Waals surface area contributed by atoms with Gasteiger partial charge in [-0.05, 0) is 30.7 Å². The first kappa shape index (κ1) is 13.7. The van der Waals surface area contributed by atoms with Crippen LogP contribution in [0.2, 0.25) is 0 Å². The molecule has 1 heterocycles. The van der Waals surface area contributed by atoms with Crippen molar-refractivity contribution in [3.63, 3.8) is 0 Å². The predicted molar refractivity (Wildman–Crippen MR) is 69.0 cm³/mol. The number of amides is 1. The monoisotopic (exact) mass is 278 g/mol. The Morgan fingerprint density at radius 3 is 2.80 bits per heavy atom. The summed E-state index contributed by atoms with van der Waals surface area (Å²) in [5.74, 6) is -1.10. The molecule has 2 rings (SSSR count). The zero-order valence-corrected chi connectivity index (χ0v) is 10.8. The number of hydrogen-bond donors (Lipinski definition) is 1. The third kappa shape index (κ3) is 2.48. The minimum absolute atomic E-state index is 0.168. The van der Waals surface area contributed by atoms with E-state index in [2.05, 4.69) is 10.4 Å². The van der Waals surface area contributed by atoms with Gasteiger partial charge in [0.05, 0.1) is 4.92 Å². The average Bonchev–Trinajstić information content (AvgIpc) is 2.75. The second-order valence-corrected chi connectivity index (χ2v) is 4.17. The number of benzene rings is 1. The summed E-state index contributed by atoms with van der Waals surface area (Å²) in [6.07, 6.45) is 1.01. The van der Waals surface area contributed by atoms with Crippen molar-refractivity contribution in [2.45, 2.75) is 6.92 Å². The highest BCUT2D eigenvalue weighted by Crippen LogP contribution is 2.21. The summed E-state index contributed by atoms with van der Waals surface area (Å²) in [7, 11) is 1.43. The van der Waals surface area contributed by atoms with Crippen LogP contribution in [-0.4, -0.2) is 20.6 Å². The number of anilines is 1. The van der Waals surface area contributed by atoms with Gasteiger partial charge in [0.15, 0.2) is 0 Å². The second-order valence-electron chi connectivity index (χ2n) is 4.17. The Labute approximate surface area is 113 Å². The van der Waals surface area contributed by atoms with Gasteiger partial charge in [-0.1, -0.05) is 0 Å². The molecule has 20 heavy (non-hydrogen) atoms. The lowest BCUT2D eigenvalue weighted by molar-refractivity contribution is -0.385. The van der Waals surface area contributed by atoms with E-state index in [-0.39, 0.29) is 11.4 Å². The largest absolute Gasteiger partial charge is 0.320 e. The standard InChI is InChI=1S/C12H11FN4O3/c1-7-5-8(13)3-4-9(7)15-12(18)11-10(17(19)20)6-14-16(11)2/h3-6H,1-2H3,(H,15,18). The number of nitrogens with zero attached hydrogens (tertiary/aromatic N) is 3. The fourth-order valence-corrected chi connectivity index (χ4v) is 1.77. The lowest BCUT2D eigenvalue weighted by Gasteiger charge is -2.08. The Morgan fingerprint density at radius 1 is 1.50 bits per heavy atom. The quantitative estimate of drug-likeness (QED) is 0.687. The van der Waals surface area contributed by atoms with Gasteiger partial charge in [0, 0.05) is 12.7 Å². The molecule has 0 unspecified atom stereocenters. The lowest BCUT2D eigenvalue weighted by Crippen LogP contribution is -2.18. The van der Waals surface area contributed by atoms with Gasteiger partial charge in [0.1, 0.15) is 12.0 Å². The Hall–Kier alpha value is -2.77. The summed E-state index contributed by atoms with van der Waals surface area (Å²) in [4.78, 5) is 22.2. The Kier molecular flexibility index (Phi) is 3.47. The molecule has 1 amide bonds. The summed E-state index contributed by atoms with van der Waals surface area (Å²) in [5.41, 5.74) is 0.346. The van der Waals surface area contributed by atoms with Crippen molar-refractivity contribution in [3.8, 4) is 0 Å². The van der Waals surface area contributed by atoms with Gasteiger partial charge in [0.25, 0.3) is 5.91 Å². The van der Waals surface area contributed by atoms with Gasteiger partial charge < -0.3 is 5.32 Å². The van der Waals surface area contributed by atoms with E-state index in [0.717, 1.165) is 10.9 Å². The molecule has 0 radical (unpaired) electrons. The zero-order chi connectivity index (χ0) is 14.9. The van der Waals surface area contributed by atoms with E-state index in [1.54, 1.807) is 6.92 Å². The maximum atomic E-state index is 13.0. The van der Waals surface area contributed by atoms with Crippen LogP contribution in [0.5, 0.6) is 0 Å². The predicted octanol–water partition coefficient (Wildman–Crippen LogP) is 2.03. The van der Waals surface area contributed by atoms with E-state index in [9.17, 15) is 19.3 Å². The minimum atomic E-state index is -0.681. The molecule has 0 atom stereocenters. The van der Waals surface area contributed by atoms with Crippen LogP contribution in [0.25, 0.3) is 0 Å². The van der Waals surface area contributed by atoms with Crippen LogP contribution in [-0.2, 0) is 7.05 Å². The van der Waals surface area contributed by atoms with E-state index < -0.39 is 16.6 Å². The first-order valence-electron chi connectivity index (χ1n) is 5.64. The van der Waals surface area contributed by atoms with Gasteiger partial charge in [-0.2, -0.15) is 5.10 Å². The van der Waals surface area contributed by atoms with Crippen LogP contribution >= 0.6 is 0 Å². The maximum absolute atomic E-state index is 13.0. The van der Waals surface area contributed by atoms with E-state index in [1.807, 2.05) is 0 Å². The van der Waals surface area contributed by atoms with Crippen molar-refractivity contribution in [1.29, 1.82) is 0 Å². The van der Waals surface area contributed by atoms with E-state index in [1.165, 1.54) is 25.2 Å². The molecule has 0 fully saturated rings. The van der Waals surface area contributed by atoms with E-state index in [4.69, 9.17) is 0 Å². The Balaban J connectivity index is 2.33. The second kappa shape index (κ2) is 5.08. The lowest BCUT2D eigenvalue weighted by atomic mass is 10.2. The molecule has 7 nitrogen and oxygen atoms in total. The smallest absolute Gasteiger partial charge is 0.320 e. The van der Waals surface area contributed by atoms with Gasteiger partial charge in [-0.15, -0.1) is 0 Å². The van der Waals surface area contributed by atoms with Crippen molar-refractivity contribution in [2.75, 3.05) is 5.32 Å². The molecule has 0 aliphatic heterocycles. The van der Waals surface area contributed by atoms with Crippen LogP contribution in [0.3, 0.4) is 0 Å². The van der Waals surface area contributed by atoms with Crippen LogP contribution in [0.15, 0.2) is 24.4 Å². The molecule has 104 valence electrons. The molecular formula is C12H11FN4O3. The van der Waals surface area contributed by atoms with Gasteiger partial charge in [-0.25, -0.2) is 4.39 Å². The SMILES string of the molecule is Cc1cc(F)ccc1NC(=O)c1c([N+](=O)[O-])cnn1C. The van der Waals surface area contributed by atoms with Gasteiger partial charge in [-0.3, -0.25) is 19.6 Å². The highest BCUT2D eigenvalue weighted by Gasteiger charge is 2.25. The summed E-state index contributed by atoms with van der Waals surface area (Å²) in [6, 6.07) is 3.85. The third-order valence-corrected chi connectivity index (χ3v) is 2.77. The van der Waals surface area contributed by atoms with Crippen LogP contribution in [0.1, 0.15) is 16.1 Å². The fourth-order valence-electron chi connectivity index (χ4n) is 1.77. The Morgan fingerprint density at radius 2 is 2.20 bits per heavy atom. The molecule has 1 aromatic carbocycles. The number of carbonyl (C=O) groups is 1. The zero-order valence-electron chi connectivity index (χ0n) is 10.8. The number of halogens is 1. The molecule has 1 aromatic heterocycles. The molecule has 0 aliphatic carbocycles. The van der Waals surface area contributed by atoms with E-state index >= 15 is 0 Å². The van der Waals surface area contributed by atoms with Gasteiger partial charge >= 0.3 is 5.69 Å². The molecule has 0 saturated carbocycles. The number of hydrogen-bond acceptors (Lipinski definition) is 4. The number of carbonyl (C=O) groups excluding carboxylic acids is 1. The molecule has 0 spiro atoms. The topological polar surface area (TPSA) is 90.1 Å². The number of aromatic nitrogens is 2. The summed E-state index contributed by atoms with van der Waals surface area (Å²) in [6.45, 7) is 1.62. The normalized spacial score (nSPS) is 10.3. The highest BCUT2D eigenvalue weighted by molar-refractivity contribution is 6.06. The third-order valence-electron chi connectivity index (χ3n) is 2.77. The molecule has 0 aliphatic rings.